The second-order valence-electron chi connectivity index (χ2n) is 13.4. The Morgan fingerprint density at radius 1 is 0.638 bits per heavy atom. The topological polar surface area (TPSA) is 78.9 Å². The van der Waals surface area contributed by atoms with Crippen molar-refractivity contribution in [1.29, 1.82) is 0 Å². The van der Waals surface area contributed by atoms with E-state index in [2.05, 4.69) is 6.92 Å². The Balaban J connectivity index is 2.12. The first-order valence-corrected chi connectivity index (χ1v) is 20.7. The van der Waals surface area contributed by atoms with Crippen LogP contribution < -0.4 is 0 Å². The number of carbonyl (C=O) groups is 1. The van der Waals surface area contributed by atoms with Gasteiger partial charge in [0.15, 0.2) is 0 Å². The normalized spacial score (nSPS) is 12.8. The fraction of sp³-hybridized carbons (Fsp3) is 0.821. The number of rotatable bonds is 32. The summed E-state index contributed by atoms with van der Waals surface area (Å²) in [6, 6.07) is 6.67. The summed E-state index contributed by atoms with van der Waals surface area (Å²) < 4.78 is 43.6. The first-order chi connectivity index (χ1) is 22.7. The van der Waals surface area contributed by atoms with E-state index < -0.39 is 16.3 Å². The molecular formula is C39H72NO6S+. The van der Waals surface area contributed by atoms with Crippen LogP contribution in [0, 0.1) is 6.92 Å². The largest absolute Gasteiger partial charge is 0.463 e. The van der Waals surface area contributed by atoms with E-state index in [4.69, 9.17) is 13.7 Å². The van der Waals surface area contributed by atoms with Crippen LogP contribution in [0.1, 0.15) is 162 Å². The van der Waals surface area contributed by atoms with E-state index in [0.29, 0.717) is 30.5 Å². The SMILES string of the molecule is CCCCCCCCCCCCCCCCCCCCCC(=O)OCCOCC(OS(=O)(=O)c1ccc(C)cc1)[N+](CC)(CC)CC. The lowest BCUT2D eigenvalue weighted by atomic mass is 10.0. The number of carbonyl (C=O) groups excluding carboxylic acids is 1. The number of hydrogen-bond acceptors (Lipinski definition) is 6. The monoisotopic (exact) mass is 683 g/mol. The predicted octanol–water partition coefficient (Wildman–Crippen LogP) is 10.3. The number of unbranched alkanes of at least 4 members (excludes halogenated alkanes) is 18. The summed E-state index contributed by atoms with van der Waals surface area (Å²) in [5.41, 5.74) is 0.981. The van der Waals surface area contributed by atoms with Crippen LogP contribution in [0.15, 0.2) is 29.2 Å². The zero-order chi connectivity index (χ0) is 34.6. The third-order valence-electron chi connectivity index (χ3n) is 9.78. The lowest BCUT2D eigenvalue weighted by molar-refractivity contribution is -0.964. The first kappa shape index (κ1) is 43.5. The van der Waals surface area contributed by atoms with Gasteiger partial charge in [-0.2, -0.15) is 8.42 Å². The highest BCUT2D eigenvalue weighted by molar-refractivity contribution is 7.86. The van der Waals surface area contributed by atoms with Crippen LogP contribution in [0.2, 0.25) is 0 Å². The van der Waals surface area contributed by atoms with Crippen molar-refractivity contribution in [1.82, 2.24) is 0 Å². The van der Waals surface area contributed by atoms with E-state index in [1.165, 1.54) is 109 Å². The molecule has 0 saturated carbocycles. The van der Waals surface area contributed by atoms with Gasteiger partial charge < -0.3 is 9.47 Å². The van der Waals surface area contributed by atoms with Crippen molar-refractivity contribution in [2.45, 2.75) is 174 Å². The number of nitrogens with zero attached hydrogens (tertiary/aromatic N) is 1. The highest BCUT2D eigenvalue weighted by Crippen LogP contribution is 2.22. The molecule has 274 valence electrons. The average molecular weight is 683 g/mol. The van der Waals surface area contributed by atoms with E-state index in [9.17, 15) is 13.2 Å². The first-order valence-electron chi connectivity index (χ1n) is 19.3. The van der Waals surface area contributed by atoms with Crippen molar-refractivity contribution < 1.29 is 31.4 Å². The molecule has 0 amide bonds. The van der Waals surface area contributed by atoms with Gasteiger partial charge in [0, 0.05) is 6.42 Å². The Hall–Kier alpha value is -1.48. The number of hydrogen-bond donors (Lipinski definition) is 0. The van der Waals surface area contributed by atoms with Crippen molar-refractivity contribution in [3.63, 3.8) is 0 Å². The van der Waals surface area contributed by atoms with Gasteiger partial charge in [-0.25, -0.2) is 4.18 Å². The summed E-state index contributed by atoms with van der Waals surface area (Å²) in [6.45, 7) is 12.9. The Morgan fingerprint density at radius 2 is 1.06 bits per heavy atom. The van der Waals surface area contributed by atoms with Gasteiger partial charge >= 0.3 is 16.1 Å². The van der Waals surface area contributed by atoms with Crippen molar-refractivity contribution in [2.75, 3.05) is 39.5 Å². The summed E-state index contributed by atoms with van der Waals surface area (Å²) in [4.78, 5) is 12.3. The lowest BCUT2D eigenvalue weighted by Gasteiger charge is -2.41. The predicted molar refractivity (Wildman–Crippen MR) is 195 cm³/mol. The van der Waals surface area contributed by atoms with Crippen LogP contribution in [-0.2, 0) is 28.6 Å². The summed E-state index contributed by atoms with van der Waals surface area (Å²) >= 11 is 0. The molecule has 0 aliphatic heterocycles. The van der Waals surface area contributed by atoms with Crippen LogP contribution in [0.4, 0.5) is 0 Å². The standard InChI is InChI=1S/C39H72NO6S/c1-6-10-11-12-13-14-15-16-17-18-19-20-21-22-23-24-25-26-27-28-39(41)45-34-33-44-35-38(40(7-2,8-3)9-4)46-47(42,43)37-31-29-36(5)30-32-37/h29-32,38H,6-28,33-35H2,1-5H3/q+1. The maximum absolute atomic E-state index is 13.1. The molecule has 0 aliphatic carbocycles. The number of aryl methyl sites for hydroxylation is 1. The van der Waals surface area contributed by atoms with Gasteiger partial charge in [0.1, 0.15) is 13.2 Å². The minimum Gasteiger partial charge on any atom is -0.463 e. The van der Waals surface area contributed by atoms with Crippen LogP contribution >= 0.6 is 0 Å². The van der Waals surface area contributed by atoms with E-state index in [0.717, 1.165) is 18.4 Å². The molecule has 0 aliphatic rings. The Labute approximate surface area is 290 Å². The molecule has 0 heterocycles. The van der Waals surface area contributed by atoms with Gasteiger partial charge in [0.2, 0.25) is 6.23 Å². The maximum Gasteiger partial charge on any atom is 0.305 e. The minimum absolute atomic E-state index is 0.0947. The molecule has 1 rings (SSSR count). The van der Waals surface area contributed by atoms with Crippen molar-refractivity contribution in [3.05, 3.63) is 29.8 Å². The molecule has 0 N–H and O–H groups in total. The molecule has 7 nitrogen and oxygen atoms in total. The zero-order valence-electron chi connectivity index (χ0n) is 31.1. The van der Waals surface area contributed by atoms with Gasteiger partial charge in [-0.05, 0) is 46.2 Å². The van der Waals surface area contributed by atoms with Gasteiger partial charge in [-0.15, -0.1) is 0 Å². The second kappa shape index (κ2) is 27.4. The second-order valence-corrected chi connectivity index (χ2v) is 15.0. The van der Waals surface area contributed by atoms with Crippen molar-refractivity contribution in [2.24, 2.45) is 0 Å². The molecule has 8 heteroatoms. The third-order valence-corrected chi connectivity index (χ3v) is 11.1. The lowest BCUT2D eigenvalue weighted by Crippen LogP contribution is -2.58. The number of benzene rings is 1. The molecule has 0 fully saturated rings. The Bertz CT molecular complexity index is 985. The van der Waals surface area contributed by atoms with E-state index in [1.54, 1.807) is 24.3 Å². The highest BCUT2D eigenvalue weighted by Gasteiger charge is 2.38. The fourth-order valence-electron chi connectivity index (χ4n) is 6.28. The van der Waals surface area contributed by atoms with Gasteiger partial charge in [-0.3, -0.25) is 9.28 Å². The number of ether oxygens (including phenoxy) is 2. The molecule has 1 aromatic carbocycles. The number of quaternary nitrogens is 1. The van der Waals surface area contributed by atoms with E-state index in [-0.39, 0.29) is 30.7 Å². The highest BCUT2D eigenvalue weighted by atomic mass is 32.2. The van der Waals surface area contributed by atoms with Gasteiger partial charge in [-0.1, -0.05) is 140 Å². The molecule has 1 atom stereocenters. The molecule has 0 radical (unpaired) electrons. The number of esters is 1. The molecule has 0 saturated heterocycles. The minimum atomic E-state index is -3.96. The molecule has 0 spiro atoms. The molecule has 0 bridgehead atoms. The van der Waals surface area contributed by atoms with Crippen LogP contribution in [0.25, 0.3) is 0 Å². The van der Waals surface area contributed by atoms with Gasteiger partial charge in [0.05, 0.1) is 31.1 Å². The molecular weight excluding hydrogens is 610 g/mol. The van der Waals surface area contributed by atoms with Crippen LogP contribution in [-0.4, -0.2) is 64.6 Å². The third kappa shape index (κ3) is 19.9. The van der Waals surface area contributed by atoms with Crippen LogP contribution in [0.5, 0.6) is 0 Å². The smallest absolute Gasteiger partial charge is 0.305 e. The summed E-state index contributed by atoms with van der Waals surface area (Å²) in [5.74, 6) is -0.198. The van der Waals surface area contributed by atoms with Gasteiger partial charge in [0.25, 0.3) is 0 Å². The zero-order valence-corrected chi connectivity index (χ0v) is 31.9. The molecule has 47 heavy (non-hydrogen) atoms. The summed E-state index contributed by atoms with van der Waals surface area (Å²) in [7, 11) is -3.96. The Kier molecular flexibility index (Phi) is 25.3. The average Bonchev–Trinajstić information content (AvgIpc) is 3.06. The molecule has 1 aromatic rings. The van der Waals surface area contributed by atoms with E-state index in [1.807, 2.05) is 27.7 Å². The molecule has 0 aromatic heterocycles. The Morgan fingerprint density at radius 3 is 1.49 bits per heavy atom. The van der Waals surface area contributed by atoms with E-state index >= 15 is 0 Å². The quantitative estimate of drug-likeness (QED) is 0.0247. The molecule has 1 unspecified atom stereocenters. The number of likely N-dealkylation sites (N-methyl/N-ethyl adjacent to an activating group) is 1. The maximum atomic E-state index is 13.1. The summed E-state index contributed by atoms with van der Waals surface area (Å²) in [6.07, 6.45) is 25.0. The fourth-order valence-corrected chi connectivity index (χ4v) is 7.40. The van der Waals surface area contributed by atoms with Crippen LogP contribution in [0.3, 0.4) is 0 Å². The van der Waals surface area contributed by atoms with Crippen molar-refractivity contribution in [3.8, 4) is 0 Å². The summed E-state index contributed by atoms with van der Waals surface area (Å²) in [5, 5.41) is 0. The van der Waals surface area contributed by atoms with Crippen molar-refractivity contribution >= 4 is 16.1 Å².